The average Bonchev–Trinajstić information content (AvgIpc) is 2.81. The van der Waals surface area contributed by atoms with Crippen LogP contribution in [0.3, 0.4) is 0 Å². The first kappa shape index (κ1) is 10.1. The zero-order valence-corrected chi connectivity index (χ0v) is 10.1. The van der Waals surface area contributed by atoms with Crippen molar-refractivity contribution in [2.45, 2.75) is 45.4 Å². The minimum Gasteiger partial charge on any atom is -0.370 e. The van der Waals surface area contributed by atoms with Crippen molar-refractivity contribution in [3.8, 4) is 0 Å². The fraction of sp³-hybridized carbons (Fsp3) is 0.692. The number of aromatic nitrogens is 2. The van der Waals surface area contributed by atoms with Crippen molar-refractivity contribution >= 4 is 5.82 Å². The smallest absolute Gasteiger partial charge is 0.134 e. The van der Waals surface area contributed by atoms with Crippen LogP contribution in [0.4, 0.5) is 5.82 Å². The molecule has 0 spiro atoms. The van der Waals surface area contributed by atoms with Crippen LogP contribution in [0.5, 0.6) is 0 Å². The Labute approximate surface area is 96.7 Å². The van der Waals surface area contributed by atoms with Gasteiger partial charge in [0.25, 0.3) is 0 Å². The summed E-state index contributed by atoms with van der Waals surface area (Å²) in [6, 6.07) is 0. The lowest BCUT2D eigenvalue weighted by atomic mass is 10.2. The van der Waals surface area contributed by atoms with Gasteiger partial charge in [0.2, 0.25) is 0 Å². The van der Waals surface area contributed by atoms with Crippen LogP contribution in [0.2, 0.25) is 0 Å². The first-order chi connectivity index (χ1) is 7.79. The molecule has 0 aliphatic heterocycles. The van der Waals surface area contributed by atoms with Crippen molar-refractivity contribution in [1.29, 1.82) is 0 Å². The third-order valence-corrected chi connectivity index (χ3v) is 3.74. The number of nitrogens with one attached hydrogen (secondary N) is 1. The van der Waals surface area contributed by atoms with Crippen molar-refractivity contribution < 1.29 is 0 Å². The Morgan fingerprint density at radius 1 is 1.31 bits per heavy atom. The van der Waals surface area contributed by atoms with Crippen LogP contribution >= 0.6 is 0 Å². The highest BCUT2D eigenvalue weighted by Gasteiger charge is 2.37. The van der Waals surface area contributed by atoms with Crippen LogP contribution in [-0.4, -0.2) is 16.5 Å². The molecule has 0 saturated heterocycles. The van der Waals surface area contributed by atoms with E-state index < -0.39 is 0 Å². The fourth-order valence-corrected chi connectivity index (χ4v) is 2.61. The third kappa shape index (κ3) is 1.58. The summed E-state index contributed by atoms with van der Waals surface area (Å²) in [4.78, 5) is 9.48. The van der Waals surface area contributed by atoms with Crippen LogP contribution in [-0.2, 0) is 12.8 Å². The quantitative estimate of drug-likeness (QED) is 0.845. The Morgan fingerprint density at radius 3 is 2.81 bits per heavy atom. The molecule has 2 unspecified atom stereocenters. The van der Waals surface area contributed by atoms with Crippen LogP contribution in [0.25, 0.3) is 0 Å². The highest BCUT2D eigenvalue weighted by atomic mass is 15.0. The van der Waals surface area contributed by atoms with Gasteiger partial charge in [-0.15, -0.1) is 0 Å². The fourth-order valence-electron chi connectivity index (χ4n) is 2.61. The third-order valence-electron chi connectivity index (χ3n) is 3.74. The molecule has 1 N–H and O–H groups in total. The van der Waals surface area contributed by atoms with Crippen molar-refractivity contribution in [1.82, 2.24) is 9.97 Å². The molecule has 0 bridgehead atoms. The molecule has 0 radical (unpaired) electrons. The van der Waals surface area contributed by atoms with Gasteiger partial charge >= 0.3 is 0 Å². The average molecular weight is 217 g/mol. The standard InChI is InChI=1S/C13H19N3/c1-3-14-12-9-5-4-6-11(9)15-13(16-12)10-7-8(10)2/h8,10H,3-7H2,1-2H3,(H,14,15,16). The zero-order valence-electron chi connectivity index (χ0n) is 10.1. The van der Waals surface area contributed by atoms with Gasteiger partial charge in [-0.05, 0) is 38.5 Å². The van der Waals surface area contributed by atoms with Gasteiger partial charge in [0, 0.05) is 23.7 Å². The Bertz CT molecular complexity index is 414. The molecule has 3 nitrogen and oxygen atoms in total. The normalized spacial score (nSPS) is 26.6. The van der Waals surface area contributed by atoms with E-state index in [1.807, 2.05) is 0 Å². The summed E-state index contributed by atoms with van der Waals surface area (Å²) in [5.41, 5.74) is 2.68. The molecule has 0 aromatic carbocycles. The van der Waals surface area contributed by atoms with Gasteiger partial charge < -0.3 is 5.32 Å². The van der Waals surface area contributed by atoms with Crippen LogP contribution in [0.1, 0.15) is 49.7 Å². The van der Waals surface area contributed by atoms with Crippen LogP contribution in [0.15, 0.2) is 0 Å². The van der Waals surface area contributed by atoms with Crippen molar-refractivity contribution in [2.75, 3.05) is 11.9 Å². The maximum Gasteiger partial charge on any atom is 0.134 e. The lowest BCUT2D eigenvalue weighted by molar-refractivity contribution is 0.822. The topological polar surface area (TPSA) is 37.8 Å². The number of anilines is 1. The summed E-state index contributed by atoms with van der Waals surface area (Å²) in [5.74, 6) is 3.61. The highest BCUT2D eigenvalue weighted by molar-refractivity contribution is 5.49. The number of hydrogen-bond donors (Lipinski definition) is 1. The second-order valence-electron chi connectivity index (χ2n) is 5.06. The molecular formula is C13H19N3. The lowest BCUT2D eigenvalue weighted by Gasteiger charge is -2.10. The summed E-state index contributed by atoms with van der Waals surface area (Å²) in [5, 5.41) is 3.39. The molecule has 3 heteroatoms. The van der Waals surface area contributed by atoms with Gasteiger partial charge in [-0.2, -0.15) is 0 Å². The first-order valence-corrected chi connectivity index (χ1v) is 6.43. The molecule has 2 aliphatic rings. The first-order valence-electron chi connectivity index (χ1n) is 6.43. The summed E-state index contributed by atoms with van der Waals surface area (Å²) in [7, 11) is 0. The summed E-state index contributed by atoms with van der Waals surface area (Å²) in [6.45, 7) is 5.36. The van der Waals surface area contributed by atoms with E-state index in [1.165, 1.54) is 24.1 Å². The molecule has 1 fully saturated rings. The predicted molar refractivity (Wildman–Crippen MR) is 64.7 cm³/mol. The van der Waals surface area contributed by atoms with Crippen molar-refractivity contribution in [3.05, 3.63) is 17.1 Å². The van der Waals surface area contributed by atoms with Gasteiger partial charge in [0.1, 0.15) is 11.6 Å². The van der Waals surface area contributed by atoms with E-state index >= 15 is 0 Å². The molecule has 1 saturated carbocycles. The number of rotatable bonds is 3. The molecule has 1 aromatic rings. The molecule has 1 aromatic heterocycles. The Balaban J connectivity index is 1.99. The van der Waals surface area contributed by atoms with Crippen LogP contribution in [0, 0.1) is 5.92 Å². The minimum atomic E-state index is 0.628. The van der Waals surface area contributed by atoms with E-state index in [2.05, 4.69) is 19.2 Å². The van der Waals surface area contributed by atoms with E-state index in [4.69, 9.17) is 9.97 Å². The molecule has 3 rings (SSSR count). The monoisotopic (exact) mass is 217 g/mol. The molecule has 16 heavy (non-hydrogen) atoms. The van der Waals surface area contributed by atoms with E-state index in [-0.39, 0.29) is 0 Å². The van der Waals surface area contributed by atoms with Gasteiger partial charge in [-0.3, -0.25) is 0 Å². The SMILES string of the molecule is CCNc1nc(C2CC2C)nc2c1CCC2. The zero-order chi connectivity index (χ0) is 11.1. The van der Waals surface area contributed by atoms with Gasteiger partial charge in [0.15, 0.2) is 0 Å². The summed E-state index contributed by atoms with van der Waals surface area (Å²) >= 11 is 0. The summed E-state index contributed by atoms with van der Waals surface area (Å²) < 4.78 is 0. The molecule has 2 atom stereocenters. The van der Waals surface area contributed by atoms with E-state index in [0.717, 1.165) is 36.9 Å². The largest absolute Gasteiger partial charge is 0.370 e. The number of nitrogens with zero attached hydrogens (tertiary/aromatic N) is 2. The lowest BCUT2D eigenvalue weighted by Crippen LogP contribution is -2.08. The molecular weight excluding hydrogens is 198 g/mol. The molecule has 86 valence electrons. The van der Waals surface area contributed by atoms with E-state index in [1.54, 1.807) is 0 Å². The van der Waals surface area contributed by atoms with Crippen molar-refractivity contribution in [3.63, 3.8) is 0 Å². The minimum absolute atomic E-state index is 0.628. The second-order valence-corrected chi connectivity index (χ2v) is 5.06. The molecule has 0 amide bonds. The Kier molecular flexibility index (Phi) is 2.34. The van der Waals surface area contributed by atoms with Gasteiger partial charge in [-0.25, -0.2) is 9.97 Å². The van der Waals surface area contributed by atoms with Crippen molar-refractivity contribution in [2.24, 2.45) is 5.92 Å². The maximum absolute atomic E-state index is 4.76. The number of fused-ring (bicyclic) bond motifs is 1. The highest BCUT2D eigenvalue weighted by Crippen LogP contribution is 2.46. The predicted octanol–water partition coefficient (Wildman–Crippen LogP) is 2.52. The van der Waals surface area contributed by atoms with E-state index in [9.17, 15) is 0 Å². The number of aryl methyl sites for hydroxylation is 1. The summed E-state index contributed by atoms with van der Waals surface area (Å²) in [6.07, 6.45) is 4.80. The Morgan fingerprint density at radius 2 is 2.12 bits per heavy atom. The Hall–Kier alpha value is -1.12. The van der Waals surface area contributed by atoms with Gasteiger partial charge in [-0.1, -0.05) is 6.92 Å². The second kappa shape index (κ2) is 3.72. The van der Waals surface area contributed by atoms with Crippen LogP contribution < -0.4 is 5.32 Å². The maximum atomic E-state index is 4.76. The molecule has 1 heterocycles. The molecule has 2 aliphatic carbocycles. The van der Waals surface area contributed by atoms with E-state index in [0.29, 0.717) is 5.92 Å². The van der Waals surface area contributed by atoms with Gasteiger partial charge in [0.05, 0.1) is 0 Å². The number of hydrogen-bond acceptors (Lipinski definition) is 3.